The molecule has 2 aromatic heterocycles. The van der Waals surface area contributed by atoms with Crippen molar-refractivity contribution in [1.29, 1.82) is 0 Å². The molecular weight excluding hydrogens is 514 g/mol. The second-order valence-corrected chi connectivity index (χ2v) is 11.7. The van der Waals surface area contributed by atoms with Crippen LogP contribution in [0.2, 0.25) is 0 Å². The number of benzene rings is 1. The van der Waals surface area contributed by atoms with Gasteiger partial charge in [-0.1, -0.05) is 0 Å². The summed E-state index contributed by atoms with van der Waals surface area (Å²) < 4.78 is 16.6. The molecule has 3 aliphatic rings. The van der Waals surface area contributed by atoms with Crippen LogP contribution in [0.5, 0.6) is 5.75 Å². The summed E-state index contributed by atoms with van der Waals surface area (Å²) in [5, 5.41) is 7.84. The van der Waals surface area contributed by atoms with Crippen molar-refractivity contribution in [3.05, 3.63) is 50.1 Å². The number of pyridine rings is 1. The van der Waals surface area contributed by atoms with E-state index in [0.717, 1.165) is 73.2 Å². The Morgan fingerprint density at radius 2 is 2.03 bits per heavy atom. The minimum Gasteiger partial charge on any atom is -0.494 e. The highest BCUT2D eigenvalue weighted by molar-refractivity contribution is 7.16. The zero-order valence-electron chi connectivity index (χ0n) is 22.8. The average molecular weight is 550 g/mol. The van der Waals surface area contributed by atoms with Crippen LogP contribution < -0.4 is 10.2 Å². The van der Waals surface area contributed by atoms with Crippen molar-refractivity contribution < 1.29 is 19.0 Å². The zero-order chi connectivity index (χ0) is 27.1. The van der Waals surface area contributed by atoms with Crippen molar-refractivity contribution in [2.75, 3.05) is 34.0 Å². The molecule has 0 bridgehead atoms. The van der Waals surface area contributed by atoms with Crippen molar-refractivity contribution >= 4 is 33.9 Å². The summed E-state index contributed by atoms with van der Waals surface area (Å²) in [5.41, 5.74) is 4.84. The number of hydrogen-bond donors (Lipinski definition) is 1. The third kappa shape index (κ3) is 4.76. The highest BCUT2D eigenvalue weighted by Gasteiger charge is 2.33. The molecule has 8 nitrogen and oxygen atoms in total. The van der Waals surface area contributed by atoms with Gasteiger partial charge in [0.05, 0.1) is 43.0 Å². The van der Waals surface area contributed by atoms with Crippen LogP contribution in [0.1, 0.15) is 77.7 Å². The molecule has 1 atom stereocenters. The third-order valence-corrected chi connectivity index (χ3v) is 9.23. The molecule has 39 heavy (non-hydrogen) atoms. The van der Waals surface area contributed by atoms with Gasteiger partial charge in [-0.15, -0.1) is 11.3 Å². The molecule has 1 N–H and O–H groups in total. The summed E-state index contributed by atoms with van der Waals surface area (Å²) in [6, 6.07) is 4.59. The van der Waals surface area contributed by atoms with Gasteiger partial charge < -0.3 is 19.2 Å². The molecule has 3 heterocycles. The number of carbonyl (C=O) groups excluding carboxylic acids is 1. The lowest BCUT2D eigenvalue weighted by Crippen LogP contribution is -2.30. The van der Waals surface area contributed by atoms with Gasteiger partial charge in [-0.3, -0.25) is 9.80 Å². The third-order valence-electron chi connectivity index (χ3n) is 8.02. The minimum atomic E-state index is -0.611. The Morgan fingerprint density at radius 3 is 2.77 bits per heavy atom. The molecule has 9 heteroatoms. The minimum absolute atomic E-state index is 0.0158. The highest BCUT2D eigenvalue weighted by Crippen LogP contribution is 2.51. The van der Waals surface area contributed by atoms with Crippen LogP contribution in [0, 0.1) is 0 Å². The van der Waals surface area contributed by atoms with Crippen molar-refractivity contribution in [3.63, 3.8) is 0 Å². The SMILES string of the molecule is CCOC(=O)c1c[nH]c2c(OC)c(-c3cc4c(s3)CCC/C4=N\N3CCC[C@@H]3COC)c(C3CC3)cc2c1=O. The van der Waals surface area contributed by atoms with Crippen LogP contribution in [-0.2, 0) is 15.9 Å². The molecule has 1 aliphatic heterocycles. The first-order chi connectivity index (χ1) is 19.0. The lowest BCUT2D eigenvalue weighted by Gasteiger charge is -2.23. The van der Waals surface area contributed by atoms with Gasteiger partial charge >= 0.3 is 5.97 Å². The molecule has 1 saturated carbocycles. The Bertz CT molecular complexity index is 1500. The summed E-state index contributed by atoms with van der Waals surface area (Å²) in [4.78, 5) is 31.5. The number of H-pyrrole nitrogens is 1. The van der Waals surface area contributed by atoms with Gasteiger partial charge in [-0.2, -0.15) is 5.10 Å². The van der Waals surface area contributed by atoms with Crippen LogP contribution in [0.15, 0.2) is 28.2 Å². The number of esters is 1. The number of rotatable bonds is 8. The Hall–Kier alpha value is -3.17. The predicted octanol–water partition coefficient (Wildman–Crippen LogP) is 5.47. The number of thiophene rings is 1. The highest BCUT2D eigenvalue weighted by atomic mass is 32.1. The Kier molecular flexibility index (Phi) is 7.20. The van der Waals surface area contributed by atoms with Crippen LogP contribution in [0.25, 0.3) is 21.3 Å². The maximum Gasteiger partial charge on any atom is 0.343 e. The van der Waals surface area contributed by atoms with Crippen LogP contribution in [0.4, 0.5) is 0 Å². The summed E-state index contributed by atoms with van der Waals surface area (Å²) >= 11 is 1.81. The largest absolute Gasteiger partial charge is 0.494 e. The van der Waals surface area contributed by atoms with Crippen LogP contribution >= 0.6 is 11.3 Å². The zero-order valence-corrected chi connectivity index (χ0v) is 23.6. The molecule has 3 aromatic rings. The number of aromatic nitrogens is 1. The Morgan fingerprint density at radius 1 is 1.18 bits per heavy atom. The Labute approximate surface area is 232 Å². The number of aromatic amines is 1. The average Bonchev–Trinajstić information content (AvgIpc) is 3.54. The monoisotopic (exact) mass is 549 g/mol. The van der Waals surface area contributed by atoms with E-state index in [4.69, 9.17) is 19.3 Å². The van der Waals surface area contributed by atoms with E-state index in [-0.39, 0.29) is 17.6 Å². The van der Waals surface area contributed by atoms with Crippen molar-refractivity contribution in [2.45, 2.75) is 63.8 Å². The van der Waals surface area contributed by atoms with E-state index in [1.54, 1.807) is 21.1 Å². The second kappa shape index (κ2) is 10.8. The van der Waals surface area contributed by atoms with Crippen LogP contribution in [-0.4, -0.2) is 61.7 Å². The fraction of sp³-hybridized carbons (Fsp3) is 0.500. The molecule has 206 valence electrons. The maximum absolute atomic E-state index is 13.4. The van der Waals surface area contributed by atoms with E-state index in [1.165, 1.54) is 16.6 Å². The van der Waals surface area contributed by atoms with E-state index < -0.39 is 5.97 Å². The molecule has 1 saturated heterocycles. The number of hydrogen-bond acceptors (Lipinski definition) is 8. The number of hydrazone groups is 1. The van der Waals surface area contributed by atoms with Crippen LogP contribution in [0.3, 0.4) is 0 Å². The lowest BCUT2D eigenvalue weighted by molar-refractivity contribution is 0.0524. The van der Waals surface area contributed by atoms with Gasteiger partial charge in [-0.25, -0.2) is 4.79 Å². The number of carbonyl (C=O) groups is 1. The van der Waals surface area contributed by atoms with Gasteiger partial charge in [0, 0.05) is 40.7 Å². The van der Waals surface area contributed by atoms with Gasteiger partial charge in [0.2, 0.25) is 5.43 Å². The van der Waals surface area contributed by atoms with Gasteiger partial charge in [0.25, 0.3) is 0 Å². The molecule has 2 fully saturated rings. The predicted molar refractivity (Wildman–Crippen MR) is 153 cm³/mol. The quantitative estimate of drug-likeness (QED) is 0.375. The lowest BCUT2D eigenvalue weighted by atomic mass is 9.94. The first kappa shape index (κ1) is 26.1. The van der Waals surface area contributed by atoms with E-state index in [0.29, 0.717) is 35.2 Å². The fourth-order valence-electron chi connectivity index (χ4n) is 6.00. The van der Waals surface area contributed by atoms with E-state index in [1.807, 2.05) is 17.4 Å². The number of fused-ring (bicyclic) bond motifs is 2. The molecule has 0 spiro atoms. The van der Waals surface area contributed by atoms with Gasteiger partial charge in [0.1, 0.15) is 5.56 Å². The molecule has 0 radical (unpaired) electrons. The van der Waals surface area contributed by atoms with Gasteiger partial charge in [0.15, 0.2) is 5.75 Å². The first-order valence-electron chi connectivity index (χ1n) is 13.9. The van der Waals surface area contributed by atoms with Gasteiger partial charge in [-0.05, 0) is 75.5 Å². The summed E-state index contributed by atoms with van der Waals surface area (Å²) in [5.74, 6) is 0.412. The van der Waals surface area contributed by atoms with E-state index in [2.05, 4.69) is 16.1 Å². The normalized spacial score (nSPS) is 20.0. The number of methoxy groups -OCH3 is 2. The molecule has 6 rings (SSSR count). The topological polar surface area (TPSA) is 93.2 Å². The molecule has 1 aromatic carbocycles. The summed E-state index contributed by atoms with van der Waals surface area (Å²) in [6.07, 6.45) is 8.94. The number of ether oxygens (including phenoxy) is 3. The van der Waals surface area contributed by atoms with Crippen molar-refractivity contribution in [3.8, 4) is 16.2 Å². The molecule has 0 amide bonds. The second-order valence-electron chi connectivity index (χ2n) is 10.6. The number of nitrogens with one attached hydrogen (secondary N) is 1. The maximum atomic E-state index is 13.4. The van der Waals surface area contributed by atoms with Crippen molar-refractivity contribution in [1.82, 2.24) is 9.99 Å². The summed E-state index contributed by atoms with van der Waals surface area (Å²) in [7, 11) is 3.41. The number of aryl methyl sites for hydroxylation is 1. The van der Waals surface area contributed by atoms with Crippen molar-refractivity contribution in [2.24, 2.45) is 5.10 Å². The standard InChI is InChI=1S/C30H35N3O5S/c1-4-38-30(35)22-15-31-27-21(28(22)34)13-19(17-10-11-17)26(29(27)37-3)25-14-20-23(8-5-9-24(20)39-25)32-33-12-6-7-18(33)16-36-2/h13-15,17-18H,4-12,16H2,1-3H3,(H,31,34)/b32-23+/t18-/m1/s1. The molecule has 0 unspecified atom stereocenters. The summed E-state index contributed by atoms with van der Waals surface area (Å²) in [6.45, 7) is 3.61. The molecular formula is C30H35N3O5S. The van der Waals surface area contributed by atoms with E-state index >= 15 is 0 Å². The Balaban J connectivity index is 1.47. The first-order valence-corrected chi connectivity index (χ1v) is 14.8. The smallest absolute Gasteiger partial charge is 0.343 e. The molecule has 2 aliphatic carbocycles. The number of nitrogens with zero attached hydrogens (tertiary/aromatic N) is 2. The van der Waals surface area contributed by atoms with E-state index in [9.17, 15) is 9.59 Å². The fourth-order valence-corrected chi connectivity index (χ4v) is 7.28.